The van der Waals surface area contributed by atoms with Gasteiger partial charge in [-0.1, -0.05) is 0 Å². The Morgan fingerprint density at radius 3 is 2.78 bits per heavy atom. The Morgan fingerprint density at radius 2 is 2.11 bits per heavy atom. The van der Waals surface area contributed by atoms with Gasteiger partial charge in [-0.15, -0.1) is 10.2 Å². The van der Waals surface area contributed by atoms with E-state index in [0.29, 0.717) is 13.0 Å². The van der Waals surface area contributed by atoms with Gasteiger partial charge in [0.15, 0.2) is 0 Å². The molecule has 2 heterocycles. The lowest BCUT2D eigenvalue weighted by molar-refractivity contribution is -0.116. The van der Waals surface area contributed by atoms with Crippen molar-refractivity contribution in [1.82, 2.24) is 24.5 Å². The number of carbonyl (C=O) groups is 1. The van der Waals surface area contributed by atoms with E-state index in [9.17, 15) is 4.79 Å². The Balaban J connectivity index is 1.92. The molecule has 0 aromatic carbocycles. The Bertz CT molecular complexity index is 516. The molecule has 1 N–H and O–H groups in total. The van der Waals surface area contributed by atoms with Crippen molar-refractivity contribution in [1.29, 1.82) is 0 Å². The molecule has 18 heavy (non-hydrogen) atoms. The number of aromatic nitrogens is 5. The number of anilines is 1. The minimum atomic E-state index is -0.0398. The summed E-state index contributed by atoms with van der Waals surface area (Å²) in [6.45, 7) is 5.21. The molecule has 0 atom stereocenters. The van der Waals surface area contributed by atoms with Crippen LogP contribution in [0.1, 0.15) is 18.9 Å². The molecule has 7 heteroatoms. The van der Waals surface area contributed by atoms with Crippen LogP contribution < -0.4 is 5.32 Å². The first-order chi connectivity index (χ1) is 8.70. The quantitative estimate of drug-likeness (QED) is 0.850. The lowest BCUT2D eigenvalue weighted by Crippen LogP contribution is -2.17. The predicted octanol–water partition coefficient (Wildman–Crippen LogP) is 0.832. The summed E-state index contributed by atoms with van der Waals surface area (Å²) in [4.78, 5) is 11.8. The summed E-state index contributed by atoms with van der Waals surface area (Å²) >= 11 is 0. The minimum Gasteiger partial charge on any atom is -0.320 e. The summed E-state index contributed by atoms with van der Waals surface area (Å²) in [5.74, 6) is 0.730. The van der Waals surface area contributed by atoms with Gasteiger partial charge in [-0.3, -0.25) is 4.79 Å². The van der Waals surface area contributed by atoms with Gasteiger partial charge in [0.2, 0.25) is 5.91 Å². The first-order valence-corrected chi connectivity index (χ1v) is 5.85. The van der Waals surface area contributed by atoms with E-state index in [2.05, 4.69) is 20.6 Å². The molecule has 0 spiro atoms. The van der Waals surface area contributed by atoms with Gasteiger partial charge in [0, 0.05) is 25.1 Å². The molecular formula is C11H16N6O. The van der Waals surface area contributed by atoms with E-state index in [1.165, 1.54) is 0 Å². The molecule has 0 aliphatic heterocycles. The zero-order valence-electron chi connectivity index (χ0n) is 10.5. The lowest BCUT2D eigenvalue weighted by Gasteiger charge is -2.08. The molecule has 0 bridgehead atoms. The van der Waals surface area contributed by atoms with Crippen LogP contribution in [0, 0.1) is 6.92 Å². The van der Waals surface area contributed by atoms with Gasteiger partial charge in [0.25, 0.3) is 0 Å². The molecular weight excluding hydrogens is 232 g/mol. The van der Waals surface area contributed by atoms with E-state index in [1.54, 1.807) is 28.1 Å². The Labute approximate surface area is 105 Å². The summed E-state index contributed by atoms with van der Waals surface area (Å²) < 4.78 is 3.54. The first kappa shape index (κ1) is 12.3. The summed E-state index contributed by atoms with van der Waals surface area (Å²) in [6, 6.07) is 0. The molecule has 0 fully saturated rings. The number of nitrogens with one attached hydrogen (secondary N) is 1. The molecule has 0 aliphatic rings. The largest absolute Gasteiger partial charge is 0.320 e. The molecule has 0 saturated heterocycles. The molecule has 0 aliphatic carbocycles. The summed E-state index contributed by atoms with van der Waals surface area (Å²) in [5, 5.41) is 14.4. The summed E-state index contributed by atoms with van der Waals surface area (Å²) in [5.41, 5.74) is 0.967. The number of rotatable bonds is 5. The van der Waals surface area contributed by atoms with Gasteiger partial charge in [-0.2, -0.15) is 5.10 Å². The van der Waals surface area contributed by atoms with E-state index < -0.39 is 0 Å². The van der Waals surface area contributed by atoms with Crippen LogP contribution >= 0.6 is 0 Å². The van der Waals surface area contributed by atoms with Gasteiger partial charge < -0.3 is 9.88 Å². The predicted molar refractivity (Wildman–Crippen MR) is 65.9 cm³/mol. The molecule has 96 valence electrons. The number of nitrogens with zero attached hydrogens (tertiary/aromatic N) is 5. The van der Waals surface area contributed by atoms with Gasteiger partial charge >= 0.3 is 0 Å². The average molecular weight is 248 g/mol. The fourth-order valence-corrected chi connectivity index (χ4v) is 1.64. The molecule has 0 unspecified atom stereocenters. The molecule has 7 nitrogen and oxygen atoms in total. The summed E-state index contributed by atoms with van der Waals surface area (Å²) in [7, 11) is 0. The van der Waals surface area contributed by atoms with Crippen molar-refractivity contribution >= 4 is 11.7 Å². The fourth-order valence-electron chi connectivity index (χ4n) is 1.64. The maximum absolute atomic E-state index is 11.8. The Kier molecular flexibility index (Phi) is 3.71. The Hall–Kier alpha value is -2.18. The highest BCUT2D eigenvalue weighted by Crippen LogP contribution is 2.13. The SMILES string of the molecule is CCn1ncc(C)c1NC(=O)CCn1cnnc1. The van der Waals surface area contributed by atoms with Crippen molar-refractivity contribution < 1.29 is 4.79 Å². The third kappa shape index (κ3) is 2.73. The van der Waals surface area contributed by atoms with Gasteiger partial charge in [-0.25, -0.2) is 4.68 Å². The van der Waals surface area contributed by atoms with Crippen molar-refractivity contribution in [2.75, 3.05) is 5.32 Å². The first-order valence-electron chi connectivity index (χ1n) is 5.85. The molecule has 2 rings (SSSR count). The molecule has 0 radical (unpaired) electrons. The highest BCUT2D eigenvalue weighted by atomic mass is 16.1. The highest BCUT2D eigenvalue weighted by molar-refractivity contribution is 5.90. The van der Waals surface area contributed by atoms with Gasteiger partial charge in [0.05, 0.1) is 6.20 Å². The monoisotopic (exact) mass is 248 g/mol. The van der Waals surface area contributed by atoms with Crippen molar-refractivity contribution in [3.8, 4) is 0 Å². The van der Waals surface area contributed by atoms with E-state index >= 15 is 0 Å². The van der Waals surface area contributed by atoms with E-state index in [1.807, 2.05) is 13.8 Å². The molecule has 2 aromatic heterocycles. The van der Waals surface area contributed by atoms with Crippen molar-refractivity contribution in [2.24, 2.45) is 0 Å². The van der Waals surface area contributed by atoms with Gasteiger partial charge in [0.1, 0.15) is 18.5 Å². The van der Waals surface area contributed by atoms with E-state index in [-0.39, 0.29) is 5.91 Å². The minimum absolute atomic E-state index is 0.0398. The third-order valence-electron chi connectivity index (χ3n) is 2.64. The van der Waals surface area contributed by atoms with Crippen molar-refractivity contribution in [3.63, 3.8) is 0 Å². The second-order valence-corrected chi connectivity index (χ2v) is 3.99. The van der Waals surface area contributed by atoms with E-state index in [4.69, 9.17) is 0 Å². The maximum atomic E-state index is 11.8. The second-order valence-electron chi connectivity index (χ2n) is 3.99. The van der Waals surface area contributed by atoms with Crippen LogP contribution in [0.15, 0.2) is 18.9 Å². The third-order valence-corrected chi connectivity index (χ3v) is 2.64. The van der Waals surface area contributed by atoms with Crippen LogP contribution in [0.2, 0.25) is 0 Å². The van der Waals surface area contributed by atoms with Crippen LogP contribution in [-0.2, 0) is 17.9 Å². The summed E-state index contributed by atoms with van der Waals surface area (Å²) in [6.07, 6.45) is 5.31. The molecule has 1 amide bonds. The topological polar surface area (TPSA) is 77.6 Å². The average Bonchev–Trinajstić information content (AvgIpc) is 2.98. The lowest BCUT2D eigenvalue weighted by atomic mass is 10.3. The van der Waals surface area contributed by atoms with Crippen LogP contribution in [-0.4, -0.2) is 30.5 Å². The standard InChI is InChI=1S/C11H16N6O/c1-3-17-11(9(2)6-14-17)15-10(18)4-5-16-7-12-13-8-16/h6-8H,3-5H2,1-2H3,(H,15,18). The molecule has 2 aromatic rings. The van der Waals surface area contributed by atoms with Crippen LogP contribution in [0.25, 0.3) is 0 Å². The van der Waals surface area contributed by atoms with Crippen molar-refractivity contribution in [3.05, 3.63) is 24.4 Å². The van der Waals surface area contributed by atoms with Crippen LogP contribution in [0.4, 0.5) is 5.82 Å². The number of aryl methyl sites for hydroxylation is 3. The van der Waals surface area contributed by atoms with Crippen molar-refractivity contribution in [2.45, 2.75) is 33.4 Å². The molecule has 0 saturated carbocycles. The number of carbonyl (C=O) groups excluding carboxylic acids is 1. The zero-order chi connectivity index (χ0) is 13.0. The smallest absolute Gasteiger partial charge is 0.227 e. The zero-order valence-corrected chi connectivity index (χ0v) is 10.5. The second kappa shape index (κ2) is 5.44. The number of hydrogen-bond acceptors (Lipinski definition) is 4. The maximum Gasteiger partial charge on any atom is 0.227 e. The normalized spacial score (nSPS) is 10.6. The van der Waals surface area contributed by atoms with Crippen LogP contribution in [0.5, 0.6) is 0 Å². The number of hydrogen-bond donors (Lipinski definition) is 1. The van der Waals surface area contributed by atoms with E-state index in [0.717, 1.165) is 17.9 Å². The Morgan fingerprint density at radius 1 is 1.39 bits per heavy atom. The van der Waals surface area contributed by atoms with Crippen LogP contribution in [0.3, 0.4) is 0 Å². The fraction of sp³-hybridized carbons (Fsp3) is 0.455. The van der Waals surface area contributed by atoms with Gasteiger partial charge in [-0.05, 0) is 13.8 Å². The highest BCUT2D eigenvalue weighted by Gasteiger charge is 2.10. The number of amides is 1.